The van der Waals surface area contributed by atoms with E-state index in [1.807, 2.05) is 20.8 Å². The van der Waals surface area contributed by atoms with E-state index in [-0.39, 0.29) is 11.5 Å². The predicted molar refractivity (Wildman–Crippen MR) is 88.0 cm³/mol. The molecule has 6 nitrogen and oxygen atoms in total. The molecule has 0 spiro atoms. The molecule has 1 fully saturated rings. The molecule has 0 aromatic heterocycles. The van der Waals surface area contributed by atoms with Crippen molar-refractivity contribution in [3.05, 3.63) is 0 Å². The number of hydrogen-bond donors (Lipinski definition) is 0. The van der Waals surface area contributed by atoms with Crippen molar-refractivity contribution in [1.82, 2.24) is 9.80 Å². The number of ether oxygens (including phenoxy) is 1. The summed E-state index contributed by atoms with van der Waals surface area (Å²) in [6.07, 6.45) is 1.30. The SMILES string of the molecule is CS(=O)OCC(C)(C)CN1CCN(C(=O)OC(C)(C)C)CC1. The van der Waals surface area contributed by atoms with Gasteiger partial charge in [0.2, 0.25) is 0 Å². The molecule has 1 rings (SSSR count). The second-order valence-electron chi connectivity index (χ2n) is 7.57. The second-order valence-corrected chi connectivity index (χ2v) is 8.61. The molecule has 0 radical (unpaired) electrons. The lowest BCUT2D eigenvalue weighted by Crippen LogP contribution is -2.52. The number of carbonyl (C=O) groups is 1. The van der Waals surface area contributed by atoms with Crippen LogP contribution in [-0.2, 0) is 20.0 Å². The number of carbonyl (C=O) groups excluding carboxylic acids is 1. The zero-order valence-corrected chi connectivity index (χ0v) is 15.5. The second kappa shape index (κ2) is 7.75. The minimum atomic E-state index is -1.23. The molecular weight excluding hydrogens is 304 g/mol. The van der Waals surface area contributed by atoms with Crippen LogP contribution in [0.25, 0.3) is 0 Å². The van der Waals surface area contributed by atoms with Crippen molar-refractivity contribution >= 4 is 17.2 Å². The summed E-state index contributed by atoms with van der Waals surface area (Å²) in [6.45, 7) is 14.1. The van der Waals surface area contributed by atoms with Gasteiger partial charge in [-0.05, 0) is 20.8 Å². The highest BCUT2D eigenvalue weighted by Crippen LogP contribution is 2.19. The predicted octanol–water partition coefficient (Wildman–Crippen LogP) is 1.88. The van der Waals surface area contributed by atoms with Gasteiger partial charge in [-0.3, -0.25) is 9.08 Å². The van der Waals surface area contributed by atoms with Gasteiger partial charge in [0, 0.05) is 44.4 Å². The third-order valence-electron chi connectivity index (χ3n) is 3.29. The Balaban J connectivity index is 2.39. The van der Waals surface area contributed by atoms with Crippen LogP contribution in [0.2, 0.25) is 0 Å². The smallest absolute Gasteiger partial charge is 0.410 e. The Labute approximate surface area is 136 Å². The zero-order chi connectivity index (χ0) is 17.0. The van der Waals surface area contributed by atoms with Crippen LogP contribution in [-0.4, -0.2) is 71.3 Å². The van der Waals surface area contributed by atoms with Crippen LogP contribution >= 0.6 is 0 Å². The maximum absolute atomic E-state index is 12.0. The number of rotatable bonds is 5. The molecule has 7 heteroatoms. The summed E-state index contributed by atoms with van der Waals surface area (Å²) in [4.78, 5) is 16.1. The Morgan fingerprint density at radius 3 is 2.09 bits per heavy atom. The van der Waals surface area contributed by atoms with Crippen LogP contribution in [0.1, 0.15) is 34.6 Å². The Bertz CT molecular complexity index is 399. The standard InChI is InChI=1S/C15H30N2O4S/c1-14(2,3)21-13(18)17-9-7-16(8-10-17)11-15(4,5)12-20-22(6)19/h7-12H2,1-6H3. The molecule has 130 valence electrons. The summed E-state index contributed by atoms with van der Waals surface area (Å²) in [7, 11) is 0. The quantitative estimate of drug-likeness (QED) is 0.768. The first-order valence-electron chi connectivity index (χ1n) is 7.65. The molecule has 22 heavy (non-hydrogen) atoms. The Morgan fingerprint density at radius 2 is 1.64 bits per heavy atom. The molecule has 0 aromatic carbocycles. The summed E-state index contributed by atoms with van der Waals surface area (Å²) in [5.74, 6) is 0. The van der Waals surface area contributed by atoms with E-state index in [4.69, 9.17) is 8.92 Å². The fourth-order valence-electron chi connectivity index (χ4n) is 2.31. The van der Waals surface area contributed by atoms with E-state index >= 15 is 0 Å². The van der Waals surface area contributed by atoms with Crippen molar-refractivity contribution in [3.63, 3.8) is 0 Å². The van der Waals surface area contributed by atoms with E-state index in [0.29, 0.717) is 19.7 Å². The average Bonchev–Trinajstić information content (AvgIpc) is 2.35. The van der Waals surface area contributed by atoms with Crippen LogP contribution in [0.5, 0.6) is 0 Å². The highest BCUT2D eigenvalue weighted by Gasteiger charge is 2.29. The topological polar surface area (TPSA) is 59.1 Å². The molecule has 1 unspecified atom stereocenters. The van der Waals surface area contributed by atoms with E-state index in [0.717, 1.165) is 19.6 Å². The van der Waals surface area contributed by atoms with Gasteiger partial charge in [-0.25, -0.2) is 9.00 Å². The van der Waals surface area contributed by atoms with Crippen LogP contribution < -0.4 is 0 Å². The Morgan fingerprint density at radius 1 is 1.09 bits per heavy atom. The van der Waals surface area contributed by atoms with Gasteiger partial charge < -0.3 is 9.64 Å². The lowest BCUT2D eigenvalue weighted by molar-refractivity contribution is 0.00991. The van der Waals surface area contributed by atoms with Crippen molar-refractivity contribution in [2.45, 2.75) is 40.2 Å². The van der Waals surface area contributed by atoms with Crippen molar-refractivity contribution in [2.24, 2.45) is 5.41 Å². The third-order valence-corrected chi connectivity index (χ3v) is 3.74. The number of nitrogens with zero attached hydrogens (tertiary/aromatic N) is 2. The molecular formula is C15H30N2O4S. The minimum absolute atomic E-state index is 0.0697. The third kappa shape index (κ3) is 7.56. The number of hydrogen-bond acceptors (Lipinski definition) is 5. The van der Waals surface area contributed by atoms with Crippen LogP contribution in [0.3, 0.4) is 0 Å². The van der Waals surface area contributed by atoms with Gasteiger partial charge in [-0.1, -0.05) is 13.8 Å². The van der Waals surface area contributed by atoms with Gasteiger partial charge in [0.15, 0.2) is 11.1 Å². The lowest BCUT2D eigenvalue weighted by Gasteiger charge is -2.38. The van der Waals surface area contributed by atoms with Gasteiger partial charge in [0.25, 0.3) is 0 Å². The van der Waals surface area contributed by atoms with Crippen molar-refractivity contribution < 1.29 is 17.9 Å². The molecule has 1 atom stereocenters. The summed E-state index contributed by atoms with van der Waals surface area (Å²) >= 11 is -1.23. The highest BCUT2D eigenvalue weighted by atomic mass is 32.2. The number of piperazine rings is 1. The van der Waals surface area contributed by atoms with Gasteiger partial charge >= 0.3 is 6.09 Å². The van der Waals surface area contributed by atoms with Gasteiger partial charge in [-0.15, -0.1) is 0 Å². The fourth-order valence-corrected chi connectivity index (χ4v) is 2.79. The summed E-state index contributed by atoms with van der Waals surface area (Å²) in [5, 5.41) is 0. The van der Waals surface area contributed by atoms with Gasteiger partial charge in [0.1, 0.15) is 5.60 Å². The molecule has 1 heterocycles. The number of amides is 1. The first-order chi connectivity index (χ1) is 9.98. The largest absolute Gasteiger partial charge is 0.444 e. The van der Waals surface area contributed by atoms with Crippen molar-refractivity contribution in [3.8, 4) is 0 Å². The van der Waals surface area contributed by atoms with E-state index < -0.39 is 16.7 Å². The lowest BCUT2D eigenvalue weighted by atomic mass is 9.94. The first-order valence-corrected chi connectivity index (χ1v) is 9.14. The monoisotopic (exact) mass is 334 g/mol. The molecule has 1 aliphatic heterocycles. The maximum atomic E-state index is 12.0. The Kier molecular flexibility index (Phi) is 6.83. The average molecular weight is 334 g/mol. The molecule has 0 bridgehead atoms. The van der Waals surface area contributed by atoms with Crippen LogP contribution in [0, 0.1) is 5.41 Å². The van der Waals surface area contributed by atoms with E-state index in [1.54, 1.807) is 4.90 Å². The maximum Gasteiger partial charge on any atom is 0.410 e. The summed E-state index contributed by atoms with van der Waals surface area (Å²) in [6, 6.07) is 0. The summed E-state index contributed by atoms with van der Waals surface area (Å²) < 4.78 is 21.6. The molecule has 1 amide bonds. The Hall–Kier alpha value is -0.660. The summed E-state index contributed by atoms with van der Waals surface area (Å²) in [5.41, 5.74) is -0.525. The van der Waals surface area contributed by atoms with Gasteiger partial charge in [-0.2, -0.15) is 0 Å². The molecule has 0 aromatic rings. The molecule has 0 N–H and O–H groups in total. The van der Waals surface area contributed by atoms with Gasteiger partial charge in [0.05, 0.1) is 6.61 Å². The van der Waals surface area contributed by atoms with Crippen LogP contribution in [0.4, 0.5) is 4.79 Å². The zero-order valence-electron chi connectivity index (χ0n) is 14.7. The fraction of sp³-hybridized carbons (Fsp3) is 0.933. The van der Waals surface area contributed by atoms with Crippen LogP contribution in [0.15, 0.2) is 0 Å². The van der Waals surface area contributed by atoms with Crippen molar-refractivity contribution in [2.75, 3.05) is 45.6 Å². The van der Waals surface area contributed by atoms with E-state index in [9.17, 15) is 9.00 Å². The molecule has 1 aliphatic rings. The normalized spacial score (nSPS) is 19.1. The molecule has 0 saturated carbocycles. The first kappa shape index (κ1) is 19.4. The molecule has 1 saturated heterocycles. The van der Waals surface area contributed by atoms with E-state index in [2.05, 4.69) is 18.7 Å². The molecule has 0 aliphatic carbocycles. The minimum Gasteiger partial charge on any atom is -0.444 e. The van der Waals surface area contributed by atoms with Crippen molar-refractivity contribution in [1.29, 1.82) is 0 Å². The highest BCUT2D eigenvalue weighted by molar-refractivity contribution is 7.79. The van der Waals surface area contributed by atoms with E-state index in [1.165, 1.54) is 6.26 Å².